The molecule has 1 aliphatic heterocycles. The van der Waals surface area contributed by atoms with E-state index in [1.807, 2.05) is 12.1 Å². The highest BCUT2D eigenvalue weighted by molar-refractivity contribution is 6.35. The van der Waals surface area contributed by atoms with Crippen LogP contribution in [0.25, 0.3) is 0 Å². The lowest BCUT2D eigenvalue weighted by Gasteiger charge is -2.36. The number of para-hydroxylation sites is 1. The summed E-state index contributed by atoms with van der Waals surface area (Å²) in [6.45, 7) is 5.64. The molecule has 0 radical (unpaired) electrons. The van der Waals surface area contributed by atoms with Crippen molar-refractivity contribution in [3.63, 3.8) is 0 Å². The molecule has 27 heavy (non-hydrogen) atoms. The van der Waals surface area contributed by atoms with Crippen molar-refractivity contribution in [3.05, 3.63) is 64.1 Å². The molecule has 2 aromatic carbocycles. The molecule has 1 fully saturated rings. The number of nitrogens with one attached hydrogen (secondary N) is 1. The molecule has 6 heteroatoms. The van der Waals surface area contributed by atoms with Gasteiger partial charge in [0, 0.05) is 61.4 Å². The van der Waals surface area contributed by atoms with Crippen LogP contribution in [-0.4, -0.2) is 50.1 Å². The van der Waals surface area contributed by atoms with E-state index in [1.165, 1.54) is 5.69 Å². The fourth-order valence-electron chi connectivity index (χ4n) is 3.28. The SMILES string of the molecule is O=C(CCc1ccc(Cl)cc1Cl)NCCN1CCN(c2ccccc2)CC1. The van der Waals surface area contributed by atoms with Gasteiger partial charge in [-0.1, -0.05) is 47.5 Å². The Kier molecular flexibility index (Phi) is 7.39. The van der Waals surface area contributed by atoms with E-state index in [-0.39, 0.29) is 5.91 Å². The van der Waals surface area contributed by atoms with Crippen molar-refractivity contribution in [2.45, 2.75) is 12.8 Å². The molecule has 2 aromatic rings. The summed E-state index contributed by atoms with van der Waals surface area (Å²) >= 11 is 12.0. The van der Waals surface area contributed by atoms with Gasteiger partial charge in [-0.25, -0.2) is 0 Å². The van der Waals surface area contributed by atoms with Crippen LogP contribution in [-0.2, 0) is 11.2 Å². The van der Waals surface area contributed by atoms with Crippen LogP contribution < -0.4 is 10.2 Å². The van der Waals surface area contributed by atoms with Crippen LogP contribution in [0, 0.1) is 0 Å². The number of anilines is 1. The molecule has 1 saturated heterocycles. The third kappa shape index (κ3) is 6.13. The molecule has 0 bridgehead atoms. The van der Waals surface area contributed by atoms with Gasteiger partial charge in [-0.05, 0) is 36.2 Å². The standard InChI is InChI=1S/C21H25Cl2N3O/c22-18-8-6-17(20(23)16-18)7-9-21(27)24-10-11-25-12-14-26(15-13-25)19-4-2-1-3-5-19/h1-6,8,16H,7,9-15H2,(H,24,27). The molecule has 3 rings (SSSR count). The van der Waals surface area contributed by atoms with E-state index in [0.29, 0.717) is 29.4 Å². The van der Waals surface area contributed by atoms with E-state index in [1.54, 1.807) is 12.1 Å². The molecule has 0 aromatic heterocycles. The van der Waals surface area contributed by atoms with Gasteiger partial charge in [0.25, 0.3) is 0 Å². The molecule has 144 valence electrons. The van der Waals surface area contributed by atoms with Gasteiger partial charge in [0.2, 0.25) is 5.91 Å². The first-order chi connectivity index (χ1) is 13.1. The fraction of sp³-hybridized carbons (Fsp3) is 0.381. The lowest BCUT2D eigenvalue weighted by atomic mass is 10.1. The minimum atomic E-state index is 0.0592. The van der Waals surface area contributed by atoms with Crippen LogP contribution in [0.2, 0.25) is 10.0 Å². The molecule has 1 aliphatic rings. The molecule has 0 unspecified atom stereocenters. The molecule has 1 amide bonds. The summed E-state index contributed by atoms with van der Waals surface area (Å²) in [6, 6.07) is 15.9. The van der Waals surface area contributed by atoms with Gasteiger partial charge < -0.3 is 10.2 Å². The monoisotopic (exact) mass is 405 g/mol. The van der Waals surface area contributed by atoms with Crippen molar-refractivity contribution in [2.75, 3.05) is 44.2 Å². The number of hydrogen-bond donors (Lipinski definition) is 1. The quantitative estimate of drug-likeness (QED) is 0.759. The highest BCUT2D eigenvalue weighted by Crippen LogP contribution is 2.22. The lowest BCUT2D eigenvalue weighted by molar-refractivity contribution is -0.121. The maximum Gasteiger partial charge on any atom is 0.220 e. The summed E-state index contributed by atoms with van der Waals surface area (Å²) in [5.74, 6) is 0.0592. The highest BCUT2D eigenvalue weighted by Gasteiger charge is 2.16. The van der Waals surface area contributed by atoms with Crippen molar-refractivity contribution in [3.8, 4) is 0 Å². The van der Waals surface area contributed by atoms with Crippen molar-refractivity contribution >= 4 is 34.8 Å². The number of hydrogen-bond acceptors (Lipinski definition) is 3. The number of carbonyl (C=O) groups is 1. The van der Waals surface area contributed by atoms with Gasteiger partial charge in [-0.3, -0.25) is 9.69 Å². The number of benzene rings is 2. The second-order valence-corrected chi connectivity index (χ2v) is 7.59. The predicted molar refractivity (Wildman–Crippen MR) is 113 cm³/mol. The first-order valence-electron chi connectivity index (χ1n) is 9.35. The molecule has 0 atom stereocenters. The normalized spacial score (nSPS) is 15.0. The first-order valence-corrected chi connectivity index (χ1v) is 10.1. The van der Waals surface area contributed by atoms with E-state index < -0.39 is 0 Å². The average Bonchev–Trinajstić information content (AvgIpc) is 2.68. The van der Waals surface area contributed by atoms with Gasteiger partial charge in [0.15, 0.2) is 0 Å². The molecule has 0 saturated carbocycles. The fourth-order valence-corrected chi connectivity index (χ4v) is 3.79. The number of nitrogens with zero attached hydrogens (tertiary/aromatic N) is 2. The summed E-state index contributed by atoms with van der Waals surface area (Å²) in [5, 5.41) is 4.24. The van der Waals surface area contributed by atoms with E-state index in [0.717, 1.165) is 38.3 Å². The van der Waals surface area contributed by atoms with E-state index in [2.05, 4.69) is 39.4 Å². The smallest absolute Gasteiger partial charge is 0.220 e. The Hall–Kier alpha value is -1.75. The largest absolute Gasteiger partial charge is 0.369 e. The van der Waals surface area contributed by atoms with Crippen LogP contribution in [0.15, 0.2) is 48.5 Å². The summed E-state index contributed by atoms with van der Waals surface area (Å²) in [6.07, 6.45) is 1.06. The van der Waals surface area contributed by atoms with Crippen molar-refractivity contribution in [1.82, 2.24) is 10.2 Å². The zero-order chi connectivity index (χ0) is 19.1. The molecule has 1 N–H and O–H groups in total. The van der Waals surface area contributed by atoms with Gasteiger partial charge in [0.1, 0.15) is 0 Å². The van der Waals surface area contributed by atoms with Crippen molar-refractivity contribution in [1.29, 1.82) is 0 Å². The Labute approximate surface area is 171 Å². The molecule has 4 nitrogen and oxygen atoms in total. The van der Waals surface area contributed by atoms with Gasteiger partial charge in [-0.2, -0.15) is 0 Å². The Bertz CT molecular complexity index is 746. The average molecular weight is 406 g/mol. The summed E-state index contributed by atoms with van der Waals surface area (Å²) in [7, 11) is 0. The van der Waals surface area contributed by atoms with E-state index >= 15 is 0 Å². The highest BCUT2D eigenvalue weighted by atomic mass is 35.5. The van der Waals surface area contributed by atoms with Crippen LogP contribution >= 0.6 is 23.2 Å². The molecule has 0 aliphatic carbocycles. The zero-order valence-corrected chi connectivity index (χ0v) is 16.8. The van der Waals surface area contributed by atoms with Crippen LogP contribution in [0.5, 0.6) is 0 Å². The maximum absolute atomic E-state index is 12.1. The van der Waals surface area contributed by atoms with Gasteiger partial charge >= 0.3 is 0 Å². The first kappa shape index (κ1) is 20.0. The Morgan fingerprint density at radius 2 is 1.74 bits per heavy atom. The number of carbonyl (C=O) groups excluding carboxylic acids is 1. The van der Waals surface area contributed by atoms with Crippen molar-refractivity contribution < 1.29 is 4.79 Å². The minimum Gasteiger partial charge on any atom is -0.369 e. The number of halogens is 2. The third-order valence-corrected chi connectivity index (χ3v) is 5.47. The maximum atomic E-state index is 12.1. The topological polar surface area (TPSA) is 35.6 Å². The van der Waals surface area contributed by atoms with E-state index in [9.17, 15) is 4.79 Å². The van der Waals surface area contributed by atoms with Crippen molar-refractivity contribution in [2.24, 2.45) is 0 Å². The zero-order valence-electron chi connectivity index (χ0n) is 15.3. The van der Waals surface area contributed by atoms with Crippen LogP contribution in [0.4, 0.5) is 5.69 Å². The van der Waals surface area contributed by atoms with Gasteiger partial charge in [-0.15, -0.1) is 0 Å². The number of rotatable bonds is 7. The number of aryl methyl sites for hydroxylation is 1. The van der Waals surface area contributed by atoms with Crippen LogP contribution in [0.1, 0.15) is 12.0 Å². The van der Waals surface area contributed by atoms with Gasteiger partial charge in [0.05, 0.1) is 0 Å². The molecular weight excluding hydrogens is 381 g/mol. The lowest BCUT2D eigenvalue weighted by Crippen LogP contribution is -2.48. The van der Waals surface area contributed by atoms with Crippen LogP contribution in [0.3, 0.4) is 0 Å². The Morgan fingerprint density at radius 3 is 2.44 bits per heavy atom. The Morgan fingerprint density at radius 1 is 1.00 bits per heavy atom. The summed E-state index contributed by atoms with van der Waals surface area (Å²) in [4.78, 5) is 16.9. The second-order valence-electron chi connectivity index (χ2n) is 6.75. The molecule has 0 spiro atoms. The second kappa shape index (κ2) is 9.98. The Balaban J connectivity index is 1.32. The minimum absolute atomic E-state index is 0.0592. The summed E-state index contributed by atoms with van der Waals surface area (Å²) in [5.41, 5.74) is 2.24. The predicted octanol–water partition coefficient (Wildman–Crippen LogP) is 3.86. The van der Waals surface area contributed by atoms with E-state index in [4.69, 9.17) is 23.2 Å². The molecular formula is C21H25Cl2N3O. The number of amides is 1. The third-order valence-electron chi connectivity index (χ3n) is 4.88. The summed E-state index contributed by atoms with van der Waals surface area (Å²) < 4.78 is 0. The number of piperazine rings is 1. The molecule has 1 heterocycles.